The summed E-state index contributed by atoms with van der Waals surface area (Å²) in [6.45, 7) is 28.9. The van der Waals surface area contributed by atoms with Gasteiger partial charge in [0, 0.05) is 159 Å². The first-order valence-electron chi connectivity index (χ1n) is 48.7. The van der Waals surface area contributed by atoms with Crippen molar-refractivity contribution in [3.63, 3.8) is 0 Å². The second kappa shape index (κ2) is 56.8. The number of ether oxygens (including phenoxy) is 2. The van der Waals surface area contributed by atoms with Crippen LogP contribution in [0, 0.1) is 65.1 Å². The Hall–Kier alpha value is -10.6. The largest absolute Gasteiger partial charge is 0.379 e. The van der Waals surface area contributed by atoms with E-state index < -0.39 is 108 Å². The molecule has 17 atom stereocenters. The minimum atomic E-state index is -1.02. The molecule has 3 aromatic carbocycles. The van der Waals surface area contributed by atoms with E-state index in [1.165, 1.54) is 14.2 Å². The summed E-state index contributed by atoms with van der Waals surface area (Å²) in [5.74, 6) is -8.72. The van der Waals surface area contributed by atoms with Crippen molar-refractivity contribution in [1.29, 1.82) is 0 Å². The first kappa shape index (κ1) is 113. The van der Waals surface area contributed by atoms with Crippen molar-refractivity contribution in [2.24, 2.45) is 70.8 Å². The lowest BCUT2D eigenvalue weighted by atomic mass is 9.85. The number of hydrogen-bond donors (Lipinski definition) is 11. The molecule has 0 aromatic heterocycles. The Kier molecular flexibility index (Phi) is 47.6. The van der Waals surface area contributed by atoms with Crippen LogP contribution in [0.1, 0.15) is 229 Å². The van der Waals surface area contributed by atoms with Crippen molar-refractivity contribution in [2.75, 3.05) is 85.4 Å². The van der Waals surface area contributed by atoms with E-state index in [4.69, 9.17) is 15.2 Å². The average molecular weight is 1880 g/mol. The lowest BCUT2D eigenvalue weighted by Gasteiger charge is -2.41. The summed E-state index contributed by atoms with van der Waals surface area (Å²) in [7, 11) is 8.43. The van der Waals surface area contributed by atoms with Crippen molar-refractivity contribution in [3.8, 4) is 0 Å². The van der Waals surface area contributed by atoms with Crippen LogP contribution in [0.15, 0.2) is 78.9 Å². The summed E-state index contributed by atoms with van der Waals surface area (Å²) in [6, 6.07) is 17.8. The highest BCUT2D eigenvalue weighted by atomic mass is 16.5. The third-order valence-electron chi connectivity index (χ3n) is 27.1. The number of amides is 14. The first-order chi connectivity index (χ1) is 64.1. The van der Waals surface area contributed by atoms with Crippen LogP contribution < -0.4 is 58.9 Å². The van der Waals surface area contributed by atoms with E-state index in [9.17, 15) is 76.7 Å². The fraction of sp³-hybridized carbons (Fsp3) is 0.663. The number of likely N-dealkylation sites (N-methyl/N-ethyl adjacent to an activating group) is 2. The zero-order valence-corrected chi connectivity index (χ0v) is 83.5. The highest BCUT2D eigenvalue weighted by molar-refractivity contribution is 5.99. The molecule has 34 nitrogen and oxygen atoms in total. The molecule has 0 spiro atoms. The Bertz CT molecular complexity index is 4370. The molecule has 3 aliphatic heterocycles. The normalized spacial score (nSPS) is 18.9. The third-order valence-corrected chi connectivity index (χ3v) is 27.1. The molecule has 3 fully saturated rings. The predicted molar refractivity (Wildman–Crippen MR) is 518 cm³/mol. The number of hydrogen-bond acceptors (Lipinski definition) is 20. The van der Waals surface area contributed by atoms with Gasteiger partial charge in [-0.1, -0.05) is 144 Å². The number of methoxy groups -OCH3 is 2. The minimum Gasteiger partial charge on any atom is -0.379 e. The van der Waals surface area contributed by atoms with E-state index in [0.717, 1.165) is 11.1 Å². The summed E-state index contributed by atoms with van der Waals surface area (Å²) in [6.07, 6.45) is 3.27. The summed E-state index contributed by atoms with van der Waals surface area (Å²) in [5, 5.41) is 28.9. The maximum absolute atomic E-state index is 14.7. The Labute approximate surface area is 799 Å². The Morgan fingerprint density at radius 3 is 1.57 bits per heavy atom. The lowest BCUT2D eigenvalue weighted by Crippen LogP contribution is -2.59. The molecule has 3 aromatic rings. The van der Waals surface area contributed by atoms with Crippen LogP contribution in [0.4, 0.5) is 16.2 Å². The standard InChI is InChI=1S/C101H158N16O18/c1-20-65(11)93(114(17)100(132)91(63(7)8)112-99(131)92(64(9)10)113(15)16)83(134-18)55-88(126)117-46-26-30-79(117)94(135-19)68(14)80(119)54-76(51-69-27-23-22-24-28-69)96(128)106-58-71-33-37-78(38-34-71)109-98(130)74(29-25-45-105-101(102)133)53-82(121)90(62(5)6)111-85(123)40-42-87(125)116-48-44-75(50-67(116)13)95(127)107-59-103-57-72-43-47-115(66(12)49-72)86(124)41-39-84(122)110-89(61(3)4)81(120)52-73(21-2)97(129)108-77-35-31-70(32-36-77)56-104-60-118/h22-24,27-28,31-38,60-68,72-76,79,83,89-94,103H,20-21,25-26,29-30,39-59H2,1-19H3,(H,104,118)(H,106,128)(H,107,127)(H,108,129)(H,109,130)(H,110,122)(H,111,123)(H,112,131)(H3,102,105,133)/t65-,66-,67-,68-,72-,73+,74+,75-,76+,79-,83+,89-,90-,91-,92-,93-,94+/m0/s1. The van der Waals surface area contributed by atoms with Gasteiger partial charge in [-0.3, -0.25) is 82.1 Å². The zero-order chi connectivity index (χ0) is 100. The number of nitrogens with one attached hydrogen (secondary N) is 10. The summed E-state index contributed by atoms with van der Waals surface area (Å²) in [5.41, 5.74) is 8.66. The smallest absolute Gasteiger partial charge is 0.312 e. The van der Waals surface area contributed by atoms with Gasteiger partial charge in [0.2, 0.25) is 71.4 Å². The number of ketones is 3. The van der Waals surface area contributed by atoms with Crippen LogP contribution in [0.2, 0.25) is 0 Å². The number of urea groups is 1. The van der Waals surface area contributed by atoms with Crippen molar-refractivity contribution < 1.29 is 86.2 Å². The number of nitrogens with zero attached hydrogens (tertiary/aromatic N) is 5. The molecule has 0 radical (unpaired) electrons. The van der Waals surface area contributed by atoms with Crippen molar-refractivity contribution >= 4 is 106 Å². The molecule has 0 bridgehead atoms. The molecule has 750 valence electrons. The minimum absolute atomic E-state index is 0.0151. The molecule has 3 saturated heterocycles. The van der Waals surface area contributed by atoms with Gasteiger partial charge in [0.25, 0.3) is 0 Å². The average Bonchev–Trinajstić information content (AvgIpc) is 1.76. The predicted octanol–water partition coefficient (Wildman–Crippen LogP) is 8.36. The number of nitrogens with two attached hydrogens (primary N) is 1. The maximum Gasteiger partial charge on any atom is 0.312 e. The number of benzene rings is 3. The summed E-state index contributed by atoms with van der Waals surface area (Å²) >= 11 is 0. The number of carbonyl (C=O) groups excluding carboxylic acids is 16. The number of rotatable bonds is 57. The van der Waals surface area contributed by atoms with Gasteiger partial charge in [-0.05, 0) is 175 Å². The Balaban J connectivity index is 0.947. The van der Waals surface area contributed by atoms with Crippen LogP contribution >= 0.6 is 0 Å². The molecule has 135 heavy (non-hydrogen) atoms. The number of likely N-dealkylation sites (tertiary alicyclic amines) is 3. The molecule has 12 N–H and O–H groups in total. The van der Waals surface area contributed by atoms with Crippen molar-refractivity contribution in [1.82, 2.24) is 67.0 Å². The SMILES string of the molecule is CC[C@H](CC(=O)[C@@H](NC(=O)CCC(=O)N1CC[C@H](CNCNC(=O)[C@H]2CCN(C(=O)CCC(=O)N[C@H](C(=O)C[C@@H](CCCNC(N)=O)C(=O)Nc3ccc(CNC(=O)[C@@H](CC(=O)[C@H](C)[C@@H](OC)[C@@H]4CCCN4C(=O)C[C@@H](OC)[C@H]([C@@H](C)CC)N(C)C(=O)[C@@H](NC(=O)[C@H](C(C)C)N(C)C)C(C)C)Cc4ccccc4)cc3)C(C)C)[C@@H](C)C2)C[C@@H]1C)C(C)C)C(=O)Nc1ccc(CNC=O)cc1. The molecule has 34 heteroatoms. The van der Waals surface area contributed by atoms with Gasteiger partial charge < -0.3 is 82.7 Å². The molecular weight excluding hydrogens is 1730 g/mol. The van der Waals surface area contributed by atoms with Gasteiger partial charge in [0.15, 0.2) is 11.6 Å². The molecular formula is C101H158N16O18. The van der Waals surface area contributed by atoms with E-state index in [-0.39, 0.29) is 197 Å². The van der Waals surface area contributed by atoms with Crippen LogP contribution in [0.3, 0.4) is 0 Å². The summed E-state index contributed by atoms with van der Waals surface area (Å²) in [4.78, 5) is 226. The van der Waals surface area contributed by atoms with Gasteiger partial charge in [0.1, 0.15) is 11.8 Å². The first-order valence-corrected chi connectivity index (χ1v) is 48.7. The van der Waals surface area contributed by atoms with E-state index in [1.54, 1.807) is 95.9 Å². The monoisotopic (exact) mass is 1880 g/mol. The quantitative estimate of drug-likeness (QED) is 0.0144. The van der Waals surface area contributed by atoms with Crippen LogP contribution in [-0.2, 0) is 101 Å². The second-order valence-electron chi connectivity index (χ2n) is 38.9. The van der Waals surface area contributed by atoms with Crippen LogP contribution in [0.5, 0.6) is 0 Å². The second-order valence-corrected chi connectivity index (χ2v) is 38.9. The van der Waals surface area contributed by atoms with Gasteiger partial charge in [0.05, 0.1) is 55.5 Å². The number of carbonyl (C=O) groups is 16. The van der Waals surface area contributed by atoms with Crippen molar-refractivity contribution in [2.45, 2.75) is 293 Å². The fourth-order valence-corrected chi connectivity index (χ4v) is 19.1. The van der Waals surface area contributed by atoms with Gasteiger partial charge in [-0.15, -0.1) is 0 Å². The number of anilines is 2. The lowest BCUT2D eigenvalue weighted by molar-refractivity contribution is -0.148. The molecule has 0 aliphatic carbocycles. The molecule has 6 rings (SSSR count). The van der Waals surface area contributed by atoms with Crippen molar-refractivity contribution in [3.05, 3.63) is 95.6 Å². The van der Waals surface area contributed by atoms with E-state index in [0.29, 0.717) is 107 Å². The van der Waals surface area contributed by atoms with Gasteiger partial charge >= 0.3 is 6.03 Å². The Morgan fingerprint density at radius 2 is 1.07 bits per heavy atom. The van der Waals surface area contributed by atoms with E-state index in [2.05, 4.69) is 53.2 Å². The highest BCUT2D eigenvalue weighted by Gasteiger charge is 2.45. The topological polar surface area (TPSA) is 454 Å². The highest BCUT2D eigenvalue weighted by Crippen LogP contribution is 2.34. The van der Waals surface area contributed by atoms with E-state index in [1.807, 2.05) is 125 Å². The maximum atomic E-state index is 14.7. The molecule has 0 saturated carbocycles. The third kappa shape index (κ3) is 35.5. The van der Waals surface area contributed by atoms with Crippen LogP contribution in [-0.4, -0.2) is 255 Å². The number of Topliss-reactive ketones (excluding diaryl/α,β-unsaturated/α-hetero) is 3. The molecule has 3 heterocycles. The molecule has 14 amide bonds. The van der Waals surface area contributed by atoms with Gasteiger partial charge in [-0.2, -0.15) is 0 Å². The van der Waals surface area contributed by atoms with E-state index >= 15 is 0 Å². The molecule has 3 aliphatic rings. The Morgan fingerprint density at radius 1 is 0.526 bits per heavy atom. The fourth-order valence-electron chi connectivity index (χ4n) is 19.1. The summed E-state index contributed by atoms with van der Waals surface area (Å²) < 4.78 is 12.3. The number of primary amides is 1. The van der Waals surface area contributed by atoms with Gasteiger partial charge in [-0.25, -0.2) is 4.79 Å². The zero-order valence-electron chi connectivity index (χ0n) is 83.5. The number of piperidine rings is 2. The molecule has 0 unspecified atom stereocenters. The van der Waals surface area contributed by atoms with Crippen LogP contribution in [0.25, 0.3) is 0 Å².